The average Bonchev–Trinajstić information content (AvgIpc) is 3.33. The van der Waals surface area contributed by atoms with Crippen LogP contribution in [0.5, 0.6) is 0 Å². The molecule has 1 aromatic carbocycles. The van der Waals surface area contributed by atoms with E-state index >= 15 is 0 Å². The summed E-state index contributed by atoms with van der Waals surface area (Å²) in [6, 6.07) is 13.5. The molecule has 1 aliphatic carbocycles. The number of hydrogen-bond donors (Lipinski definition) is 1. The van der Waals surface area contributed by atoms with E-state index in [1.807, 2.05) is 6.20 Å². The van der Waals surface area contributed by atoms with Crippen molar-refractivity contribution in [2.75, 3.05) is 11.4 Å². The molecule has 1 saturated carbocycles. The first-order valence-corrected chi connectivity index (χ1v) is 7.79. The highest BCUT2D eigenvalue weighted by molar-refractivity contribution is 5.66. The Labute approximate surface area is 127 Å². The SMILES string of the molecule is CCN(c1ccnc(CNC2CC2)c1)c1ccccc1C. The van der Waals surface area contributed by atoms with E-state index in [1.165, 1.54) is 29.8 Å². The summed E-state index contributed by atoms with van der Waals surface area (Å²) in [5.74, 6) is 0. The molecule has 3 rings (SSSR count). The maximum absolute atomic E-state index is 4.48. The molecule has 1 aliphatic rings. The van der Waals surface area contributed by atoms with Crippen LogP contribution in [-0.4, -0.2) is 17.6 Å². The molecule has 1 heterocycles. The van der Waals surface area contributed by atoms with E-state index < -0.39 is 0 Å². The Bertz CT molecular complexity index is 605. The van der Waals surface area contributed by atoms with Gasteiger partial charge in [-0.25, -0.2) is 0 Å². The number of aryl methyl sites for hydroxylation is 1. The van der Waals surface area contributed by atoms with Crippen LogP contribution in [0.25, 0.3) is 0 Å². The van der Waals surface area contributed by atoms with E-state index in [0.717, 1.165) is 18.8 Å². The number of nitrogens with zero attached hydrogens (tertiary/aromatic N) is 2. The topological polar surface area (TPSA) is 28.2 Å². The van der Waals surface area contributed by atoms with Gasteiger partial charge in [0.15, 0.2) is 0 Å². The van der Waals surface area contributed by atoms with Crippen molar-refractivity contribution in [3.05, 3.63) is 53.9 Å². The van der Waals surface area contributed by atoms with Crippen molar-refractivity contribution in [2.45, 2.75) is 39.3 Å². The lowest BCUT2D eigenvalue weighted by Gasteiger charge is -2.25. The smallest absolute Gasteiger partial charge is 0.0562 e. The Kier molecular flexibility index (Phi) is 4.20. The second-order valence-electron chi connectivity index (χ2n) is 5.69. The molecule has 0 amide bonds. The molecule has 3 nitrogen and oxygen atoms in total. The lowest BCUT2D eigenvalue weighted by atomic mass is 10.1. The fourth-order valence-corrected chi connectivity index (χ4v) is 2.62. The third-order valence-corrected chi connectivity index (χ3v) is 3.98. The minimum Gasteiger partial charge on any atom is -0.341 e. The van der Waals surface area contributed by atoms with E-state index in [0.29, 0.717) is 6.04 Å². The Balaban J connectivity index is 1.82. The first-order valence-electron chi connectivity index (χ1n) is 7.79. The third kappa shape index (κ3) is 3.42. The predicted molar refractivity (Wildman–Crippen MR) is 88.0 cm³/mol. The van der Waals surface area contributed by atoms with Crippen molar-refractivity contribution in [2.24, 2.45) is 0 Å². The molecule has 1 N–H and O–H groups in total. The van der Waals surface area contributed by atoms with Crippen molar-refractivity contribution in [3.63, 3.8) is 0 Å². The summed E-state index contributed by atoms with van der Waals surface area (Å²) in [6.07, 6.45) is 4.54. The standard InChI is InChI=1S/C18H23N3/c1-3-21(18-7-5-4-6-14(18)2)17-10-11-19-16(12-17)13-20-15-8-9-15/h4-7,10-12,15,20H,3,8-9,13H2,1-2H3. The van der Waals surface area contributed by atoms with Crippen LogP contribution in [0, 0.1) is 6.92 Å². The second-order valence-corrected chi connectivity index (χ2v) is 5.69. The van der Waals surface area contributed by atoms with E-state index in [2.05, 4.69) is 65.4 Å². The monoisotopic (exact) mass is 281 g/mol. The maximum Gasteiger partial charge on any atom is 0.0562 e. The minimum absolute atomic E-state index is 0.717. The highest BCUT2D eigenvalue weighted by atomic mass is 15.1. The Morgan fingerprint density at radius 2 is 2.05 bits per heavy atom. The summed E-state index contributed by atoms with van der Waals surface area (Å²) in [5, 5.41) is 3.53. The normalized spacial score (nSPS) is 14.2. The molecule has 110 valence electrons. The van der Waals surface area contributed by atoms with Crippen LogP contribution in [0.3, 0.4) is 0 Å². The van der Waals surface area contributed by atoms with Gasteiger partial charge in [-0.05, 0) is 50.5 Å². The van der Waals surface area contributed by atoms with E-state index in [9.17, 15) is 0 Å². The van der Waals surface area contributed by atoms with Gasteiger partial charge in [0.1, 0.15) is 0 Å². The molecule has 2 aromatic rings. The largest absolute Gasteiger partial charge is 0.341 e. The van der Waals surface area contributed by atoms with Crippen LogP contribution in [0.2, 0.25) is 0 Å². The quantitative estimate of drug-likeness (QED) is 0.873. The van der Waals surface area contributed by atoms with Gasteiger partial charge in [0.05, 0.1) is 5.69 Å². The molecule has 0 unspecified atom stereocenters. The Morgan fingerprint density at radius 3 is 2.76 bits per heavy atom. The van der Waals surface area contributed by atoms with Crippen LogP contribution in [0.15, 0.2) is 42.6 Å². The van der Waals surface area contributed by atoms with Gasteiger partial charge in [-0.1, -0.05) is 18.2 Å². The summed E-state index contributed by atoms with van der Waals surface area (Å²) in [4.78, 5) is 6.83. The van der Waals surface area contributed by atoms with E-state index in [1.54, 1.807) is 0 Å². The molecule has 3 heteroatoms. The summed E-state index contributed by atoms with van der Waals surface area (Å²) in [7, 11) is 0. The molecular weight excluding hydrogens is 258 g/mol. The van der Waals surface area contributed by atoms with Gasteiger partial charge in [0, 0.05) is 36.7 Å². The Morgan fingerprint density at radius 1 is 1.24 bits per heavy atom. The fraction of sp³-hybridized carbons (Fsp3) is 0.389. The molecule has 21 heavy (non-hydrogen) atoms. The summed E-state index contributed by atoms with van der Waals surface area (Å²) in [5.41, 5.74) is 4.90. The molecule has 0 bridgehead atoms. The van der Waals surface area contributed by atoms with Crippen LogP contribution in [0.1, 0.15) is 31.0 Å². The number of hydrogen-bond acceptors (Lipinski definition) is 3. The van der Waals surface area contributed by atoms with Gasteiger partial charge in [0.25, 0.3) is 0 Å². The molecule has 1 fully saturated rings. The molecule has 0 aliphatic heterocycles. The number of aromatic nitrogens is 1. The number of rotatable bonds is 6. The highest BCUT2D eigenvalue weighted by Crippen LogP contribution is 2.28. The van der Waals surface area contributed by atoms with E-state index in [-0.39, 0.29) is 0 Å². The van der Waals surface area contributed by atoms with Crippen LogP contribution in [-0.2, 0) is 6.54 Å². The van der Waals surface area contributed by atoms with Gasteiger partial charge in [-0.15, -0.1) is 0 Å². The van der Waals surface area contributed by atoms with E-state index in [4.69, 9.17) is 0 Å². The van der Waals surface area contributed by atoms with Crippen LogP contribution >= 0.6 is 0 Å². The highest BCUT2D eigenvalue weighted by Gasteiger charge is 2.20. The summed E-state index contributed by atoms with van der Waals surface area (Å²) in [6.45, 7) is 6.16. The number of para-hydroxylation sites is 1. The number of nitrogens with one attached hydrogen (secondary N) is 1. The molecular formula is C18H23N3. The minimum atomic E-state index is 0.717. The van der Waals surface area contributed by atoms with Gasteiger partial charge >= 0.3 is 0 Å². The predicted octanol–water partition coefficient (Wildman–Crippen LogP) is 3.80. The van der Waals surface area contributed by atoms with Crippen molar-refractivity contribution >= 4 is 11.4 Å². The second kappa shape index (κ2) is 6.27. The van der Waals surface area contributed by atoms with Crippen molar-refractivity contribution in [1.29, 1.82) is 0 Å². The zero-order valence-corrected chi connectivity index (χ0v) is 12.8. The zero-order valence-electron chi connectivity index (χ0n) is 12.8. The van der Waals surface area contributed by atoms with Crippen molar-refractivity contribution < 1.29 is 0 Å². The lowest BCUT2D eigenvalue weighted by molar-refractivity contribution is 0.674. The lowest BCUT2D eigenvalue weighted by Crippen LogP contribution is -2.19. The van der Waals surface area contributed by atoms with Gasteiger partial charge in [-0.2, -0.15) is 0 Å². The van der Waals surface area contributed by atoms with Gasteiger partial charge < -0.3 is 10.2 Å². The molecule has 1 aromatic heterocycles. The van der Waals surface area contributed by atoms with Crippen LogP contribution < -0.4 is 10.2 Å². The Hall–Kier alpha value is -1.87. The van der Waals surface area contributed by atoms with Crippen molar-refractivity contribution in [3.8, 4) is 0 Å². The summed E-state index contributed by atoms with van der Waals surface area (Å²) >= 11 is 0. The third-order valence-electron chi connectivity index (χ3n) is 3.98. The first kappa shape index (κ1) is 14.1. The number of benzene rings is 1. The molecule has 0 radical (unpaired) electrons. The average molecular weight is 281 g/mol. The van der Waals surface area contributed by atoms with Gasteiger partial charge in [0.2, 0.25) is 0 Å². The maximum atomic E-state index is 4.48. The molecule has 0 saturated heterocycles. The zero-order chi connectivity index (χ0) is 14.7. The molecule has 0 spiro atoms. The fourth-order valence-electron chi connectivity index (χ4n) is 2.62. The first-order chi connectivity index (χ1) is 10.3. The van der Waals surface area contributed by atoms with Gasteiger partial charge in [-0.3, -0.25) is 4.98 Å². The summed E-state index contributed by atoms with van der Waals surface area (Å²) < 4.78 is 0. The van der Waals surface area contributed by atoms with Crippen LogP contribution in [0.4, 0.5) is 11.4 Å². The number of pyridine rings is 1. The molecule has 0 atom stereocenters. The van der Waals surface area contributed by atoms with Crippen molar-refractivity contribution in [1.82, 2.24) is 10.3 Å². The number of anilines is 2.